The smallest absolute Gasteiger partial charge is 0.407 e. The molecule has 0 fully saturated rings. The number of hydrogen-bond acceptors (Lipinski definition) is 6. The third-order valence-electron chi connectivity index (χ3n) is 4.39. The number of amides is 2. The number of carbonyl (C=O) groups is 2. The summed E-state index contributed by atoms with van der Waals surface area (Å²) in [6.45, 7) is 8.00. The lowest BCUT2D eigenvalue weighted by atomic mass is 10.0. The van der Waals surface area contributed by atoms with Gasteiger partial charge in [0.25, 0.3) is 5.56 Å². The number of alkyl carbamates (subject to hydrolysis) is 1. The van der Waals surface area contributed by atoms with Crippen molar-refractivity contribution in [3.05, 3.63) is 46.1 Å². The second-order valence-corrected chi connectivity index (χ2v) is 7.39. The fourth-order valence-electron chi connectivity index (χ4n) is 3.02. The highest BCUT2D eigenvalue weighted by atomic mass is 16.5. The first kappa shape index (κ1) is 23.1. The molecule has 2 rings (SSSR count). The fourth-order valence-corrected chi connectivity index (χ4v) is 3.02. The Kier molecular flexibility index (Phi) is 8.52. The standard InChI is InChI=1S/C21H29N5O4/c1-5-30-21(29)25-16(9-13(2)3)12-23-18(27)10-17-14(4)24-19(26-20(17)28)15-7-6-8-22-11-15/h6-8,11,13,16H,5,9-10,12H2,1-4H3,(H,23,27)(H,25,29)(H,24,26,28)/t16-/m0/s1. The molecule has 9 heteroatoms. The Balaban J connectivity index is 2.02. The van der Waals surface area contributed by atoms with E-state index in [0.717, 1.165) is 0 Å². The lowest BCUT2D eigenvalue weighted by molar-refractivity contribution is -0.120. The highest BCUT2D eigenvalue weighted by molar-refractivity contribution is 5.79. The molecule has 0 aliphatic heterocycles. The predicted octanol–water partition coefficient (Wildman–Crippen LogP) is 1.96. The number of H-pyrrole nitrogens is 1. The molecule has 9 nitrogen and oxygen atoms in total. The third-order valence-corrected chi connectivity index (χ3v) is 4.39. The zero-order valence-electron chi connectivity index (χ0n) is 17.8. The highest BCUT2D eigenvalue weighted by Crippen LogP contribution is 2.12. The lowest BCUT2D eigenvalue weighted by Crippen LogP contribution is -2.45. The van der Waals surface area contributed by atoms with E-state index in [4.69, 9.17) is 4.74 Å². The average Bonchev–Trinajstić information content (AvgIpc) is 2.69. The molecule has 2 amide bonds. The van der Waals surface area contributed by atoms with Crippen molar-refractivity contribution in [2.75, 3.05) is 13.2 Å². The number of carbonyl (C=O) groups excluding carboxylic acids is 2. The second-order valence-electron chi connectivity index (χ2n) is 7.39. The molecule has 0 aliphatic rings. The maximum atomic E-state index is 12.5. The topological polar surface area (TPSA) is 126 Å². The Morgan fingerprint density at radius 3 is 2.67 bits per heavy atom. The minimum Gasteiger partial charge on any atom is -0.450 e. The molecule has 30 heavy (non-hydrogen) atoms. The molecular formula is C21H29N5O4. The summed E-state index contributed by atoms with van der Waals surface area (Å²) < 4.78 is 4.91. The van der Waals surface area contributed by atoms with Crippen LogP contribution in [0, 0.1) is 12.8 Å². The molecule has 0 radical (unpaired) electrons. The van der Waals surface area contributed by atoms with Crippen LogP contribution in [0.15, 0.2) is 29.3 Å². The Morgan fingerprint density at radius 1 is 1.30 bits per heavy atom. The summed E-state index contributed by atoms with van der Waals surface area (Å²) in [6, 6.07) is 3.28. The van der Waals surface area contributed by atoms with Crippen LogP contribution in [0.3, 0.4) is 0 Å². The number of aromatic nitrogens is 3. The number of aryl methyl sites for hydroxylation is 1. The van der Waals surface area contributed by atoms with Gasteiger partial charge < -0.3 is 20.4 Å². The fraction of sp³-hybridized carbons (Fsp3) is 0.476. The molecule has 0 aromatic carbocycles. The normalized spacial score (nSPS) is 11.8. The van der Waals surface area contributed by atoms with Gasteiger partial charge in [-0.2, -0.15) is 0 Å². The third kappa shape index (κ3) is 6.98. The Labute approximate surface area is 175 Å². The van der Waals surface area contributed by atoms with Crippen molar-refractivity contribution in [2.24, 2.45) is 5.92 Å². The molecule has 2 heterocycles. The van der Waals surface area contributed by atoms with Gasteiger partial charge in [-0.05, 0) is 38.3 Å². The molecule has 0 unspecified atom stereocenters. The van der Waals surface area contributed by atoms with Gasteiger partial charge >= 0.3 is 6.09 Å². The number of aromatic amines is 1. The van der Waals surface area contributed by atoms with Crippen LogP contribution in [-0.2, 0) is 16.0 Å². The molecule has 0 spiro atoms. The van der Waals surface area contributed by atoms with Gasteiger partial charge in [0.1, 0.15) is 5.82 Å². The van der Waals surface area contributed by atoms with Crippen molar-refractivity contribution >= 4 is 12.0 Å². The molecule has 0 bridgehead atoms. The van der Waals surface area contributed by atoms with Crippen molar-refractivity contribution in [1.82, 2.24) is 25.6 Å². The van der Waals surface area contributed by atoms with Gasteiger partial charge in [0.05, 0.1) is 13.0 Å². The number of hydrogen-bond donors (Lipinski definition) is 3. The Morgan fingerprint density at radius 2 is 2.07 bits per heavy atom. The van der Waals surface area contributed by atoms with Crippen molar-refractivity contribution in [3.63, 3.8) is 0 Å². The van der Waals surface area contributed by atoms with Gasteiger partial charge in [-0.15, -0.1) is 0 Å². The first-order valence-corrected chi connectivity index (χ1v) is 10.00. The molecule has 0 saturated carbocycles. The maximum Gasteiger partial charge on any atom is 0.407 e. The highest BCUT2D eigenvalue weighted by Gasteiger charge is 2.18. The molecule has 0 saturated heterocycles. The van der Waals surface area contributed by atoms with Crippen LogP contribution in [0.4, 0.5) is 4.79 Å². The second kappa shape index (κ2) is 11.1. The Bertz CT molecular complexity index is 911. The summed E-state index contributed by atoms with van der Waals surface area (Å²) in [7, 11) is 0. The Hall–Kier alpha value is -3.23. The van der Waals surface area contributed by atoms with Crippen LogP contribution in [0.5, 0.6) is 0 Å². The quantitative estimate of drug-likeness (QED) is 0.575. The van der Waals surface area contributed by atoms with Gasteiger partial charge in [-0.25, -0.2) is 9.78 Å². The van der Waals surface area contributed by atoms with E-state index < -0.39 is 6.09 Å². The molecule has 2 aromatic rings. The number of ether oxygens (including phenoxy) is 1. The van der Waals surface area contributed by atoms with E-state index in [9.17, 15) is 14.4 Å². The summed E-state index contributed by atoms with van der Waals surface area (Å²) in [5.41, 5.74) is 1.12. The van der Waals surface area contributed by atoms with E-state index >= 15 is 0 Å². The number of rotatable bonds is 9. The number of pyridine rings is 1. The molecule has 162 valence electrons. The first-order chi connectivity index (χ1) is 14.3. The lowest BCUT2D eigenvalue weighted by Gasteiger charge is -2.20. The van der Waals surface area contributed by atoms with E-state index in [-0.39, 0.29) is 37.1 Å². The largest absolute Gasteiger partial charge is 0.450 e. The van der Waals surface area contributed by atoms with Crippen LogP contribution in [-0.4, -0.2) is 46.1 Å². The van der Waals surface area contributed by atoms with E-state index in [1.807, 2.05) is 13.8 Å². The molecule has 2 aromatic heterocycles. The minimum absolute atomic E-state index is 0.102. The van der Waals surface area contributed by atoms with Crippen molar-refractivity contribution < 1.29 is 14.3 Å². The summed E-state index contributed by atoms with van der Waals surface area (Å²) in [4.78, 5) is 47.8. The predicted molar refractivity (Wildman–Crippen MR) is 113 cm³/mol. The molecule has 0 aliphatic carbocycles. The summed E-state index contributed by atoms with van der Waals surface area (Å²) in [6.07, 6.45) is 3.31. The summed E-state index contributed by atoms with van der Waals surface area (Å²) in [5, 5.41) is 5.54. The van der Waals surface area contributed by atoms with Crippen LogP contribution < -0.4 is 16.2 Å². The monoisotopic (exact) mass is 415 g/mol. The van der Waals surface area contributed by atoms with Gasteiger partial charge in [-0.1, -0.05) is 13.8 Å². The molecule has 3 N–H and O–H groups in total. The summed E-state index contributed by atoms with van der Waals surface area (Å²) in [5.74, 6) is 0.410. The first-order valence-electron chi connectivity index (χ1n) is 10.00. The van der Waals surface area contributed by atoms with Crippen LogP contribution in [0.1, 0.15) is 38.4 Å². The van der Waals surface area contributed by atoms with Gasteiger partial charge in [0, 0.05) is 41.8 Å². The van der Waals surface area contributed by atoms with Crippen molar-refractivity contribution in [2.45, 2.75) is 46.6 Å². The van der Waals surface area contributed by atoms with Gasteiger partial charge in [-0.3, -0.25) is 14.6 Å². The van der Waals surface area contributed by atoms with E-state index in [1.54, 1.807) is 38.4 Å². The number of nitrogens with one attached hydrogen (secondary N) is 3. The summed E-state index contributed by atoms with van der Waals surface area (Å²) >= 11 is 0. The zero-order valence-corrected chi connectivity index (χ0v) is 17.8. The average molecular weight is 415 g/mol. The maximum absolute atomic E-state index is 12.5. The van der Waals surface area contributed by atoms with Crippen LogP contribution >= 0.6 is 0 Å². The number of nitrogens with zero attached hydrogens (tertiary/aromatic N) is 2. The van der Waals surface area contributed by atoms with Gasteiger partial charge in [0.2, 0.25) is 5.91 Å². The van der Waals surface area contributed by atoms with E-state index in [1.165, 1.54) is 0 Å². The zero-order chi connectivity index (χ0) is 22.1. The molecule has 1 atom stereocenters. The van der Waals surface area contributed by atoms with Gasteiger partial charge in [0.15, 0.2) is 0 Å². The van der Waals surface area contributed by atoms with E-state index in [2.05, 4.69) is 25.6 Å². The SMILES string of the molecule is CCOC(=O)N[C@H](CNC(=O)Cc1c(C)nc(-c2cccnc2)[nH]c1=O)CC(C)C. The van der Waals surface area contributed by atoms with Crippen molar-refractivity contribution in [3.8, 4) is 11.4 Å². The molecular weight excluding hydrogens is 386 g/mol. The van der Waals surface area contributed by atoms with Crippen LogP contribution in [0.25, 0.3) is 11.4 Å². The van der Waals surface area contributed by atoms with E-state index in [0.29, 0.717) is 35.0 Å². The van der Waals surface area contributed by atoms with Crippen molar-refractivity contribution in [1.29, 1.82) is 0 Å². The minimum atomic E-state index is -0.514. The van der Waals surface area contributed by atoms with Crippen LogP contribution in [0.2, 0.25) is 0 Å².